The first-order valence-corrected chi connectivity index (χ1v) is 15.0. The predicted molar refractivity (Wildman–Crippen MR) is 133 cm³/mol. The van der Waals surface area contributed by atoms with Crippen LogP contribution in [0.2, 0.25) is 25.2 Å². The Bertz CT molecular complexity index is 1220. The highest BCUT2D eigenvalue weighted by Gasteiger charge is 2.37. The van der Waals surface area contributed by atoms with Gasteiger partial charge in [0.25, 0.3) is 0 Å². The number of aromatic nitrogens is 3. The number of nitrogens with one attached hydrogen (secondary N) is 1. The van der Waals surface area contributed by atoms with Crippen molar-refractivity contribution in [2.75, 3.05) is 28.7 Å². The number of halogens is 1. The second-order valence-corrected chi connectivity index (χ2v) is 15.3. The maximum atomic E-state index is 14.8. The highest BCUT2D eigenvalue weighted by Crippen LogP contribution is 2.39. The Kier molecular flexibility index (Phi) is 5.63. The minimum absolute atomic E-state index is 0.0415. The molecule has 0 spiro atoms. The van der Waals surface area contributed by atoms with E-state index in [1.165, 1.54) is 30.7 Å². The number of benzene rings is 1. The van der Waals surface area contributed by atoms with Gasteiger partial charge in [-0.1, -0.05) is 25.2 Å². The Morgan fingerprint density at radius 1 is 1.21 bits per heavy atom. The van der Waals surface area contributed by atoms with Crippen molar-refractivity contribution in [3.05, 3.63) is 42.3 Å². The summed E-state index contributed by atoms with van der Waals surface area (Å²) in [5.41, 5.74) is 2.44. The van der Waals surface area contributed by atoms with Gasteiger partial charge in [-0.3, -0.25) is 4.79 Å². The number of rotatable bonds is 4. The SMILES string of the molecule is Cc1cc(-c2cnco2)c(F)cc1Nc1ncc2c(n1)N(C1CC[Si](C)(C)CC1)CC(=O)N2C. The van der Waals surface area contributed by atoms with Gasteiger partial charge in [-0.25, -0.2) is 14.4 Å². The largest absolute Gasteiger partial charge is 0.443 e. The Balaban J connectivity index is 1.45. The number of carbonyl (C=O) groups excluding carboxylic acids is 1. The van der Waals surface area contributed by atoms with Crippen LogP contribution in [0.15, 0.2) is 35.3 Å². The molecule has 1 aromatic carbocycles. The second kappa shape index (κ2) is 8.50. The van der Waals surface area contributed by atoms with Crippen LogP contribution in [0.5, 0.6) is 0 Å². The molecule has 178 valence electrons. The number of hydrogen-bond acceptors (Lipinski definition) is 7. The van der Waals surface area contributed by atoms with Crippen LogP contribution >= 0.6 is 0 Å². The first-order chi connectivity index (χ1) is 16.2. The van der Waals surface area contributed by atoms with Crippen molar-refractivity contribution < 1.29 is 13.6 Å². The van der Waals surface area contributed by atoms with E-state index in [9.17, 15) is 9.18 Å². The quantitative estimate of drug-likeness (QED) is 0.527. The standard InChI is InChI=1S/C24H29FN6O2Si/c1-15-9-17(21-12-26-14-33-21)18(25)10-19(15)28-24-27-11-20-23(29-24)31(13-22(32)30(20)2)16-5-7-34(3,4)8-6-16/h9-12,14,16H,5-8,13H2,1-4H3,(H,27,28,29). The monoisotopic (exact) mass is 480 g/mol. The van der Waals surface area contributed by atoms with E-state index in [4.69, 9.17) is 9.40 Å². The number of hydrogen-bond donors (Lipinski definition) is 1. The molecule has 1 amide bonds. The summed E-state index contributed by atoms with van der Waals surface area (Å²) in [5.74, 6) is 1.11. The van der Waals surface area contributed by atoms with Crippen LogP contribution in [0.25, 0.3) is 11.3 Å². The van der Waals surface area contributed by atoms with Gasteiger partial charge in [-0.15, -0.1) is 0 Å². The number of amides is 1. The summed E-state index contributed by atoms with van der Waals surface area (Å²) in [5, 5.41) is 3.17. The smallest absolute Gasteiger partial charge is 0.246 e. The van der Waals surface area contributed by atoms with Gasteiger partial charge >= 0.3 is 0 Å². The van der Waals surface area contributed by atoms with Crippen molar-refractivity contribution in [1.29, 1.82) is 0 Å². The molecule has 2 aliphatic rings. The van der Waals surface area contributed by atoms with E-state index in [1.54, 1.807) is 24.2 Å². The Hall–Kier alpha value is -3.27. The summed E-state index contributed by atoms with van der Waals surface area (Å²) in [6.45, 7) is 7.07. The lowest BCUT2D eigenvalue weighted by Gasteiger charge is -2.43. The molecule has 1 N–H and O–H groups in total. The average molecular weight is 481 g/mol. The fourth-order valence-corrected chi connectivity index (χ4v) is 7.29. The van der Waals surface area contributed by atoms with E-state index in [0.29, 0.717) is 41.2 Å². The molecule has 0 aliphatic carbocycles. The fraction of sp³-hybridized carbons (Fsp3) is 0.417. The molecule has 0 saturated carbocycles. The van der Waals surface area contributed by atoms with E-state index in [0.717, 1.165) is 24.2 Å². The van der Waals surface area contributed by atoms with Crippen LogP contribution in [-0.4, -0.2) is 48.6 Å². The normalized spacial score (nSPS) is 18.2. The molecule has 4 heterocycles. The summed E-state index contributed by atoms with van der Waals surface area (Å²) in [6.07, 6.45) is 6.59. The molecule has 0 atom stereocenters. The summed E-state index contributed by atoms with van der Waals surface area (Å²) >= 11 is 0. The number of likely N-dealkylation sites (N-methyl/N-ethyl adjacent to an activating group) is 1. The molecule has 10 heteroatoms. The zero-order valence-electron chi connectivity index (χ0n) is 19.9. The molecular weight excluding hydrogens is 451 g/mol. The van der Waals surface area contributed by atoms with E-state index in [2.05, 4.69) is 33.3 Å². The molecule has 34 heavy (non-hydrogen) atoms. The molecule has 0 unspecified atom stereocenters. The third-order valence-electron chi connectivity index (χ3n) is 7.07. The first kappa shape index (κ1) is 22.5. The lowest BCUT2D eigenvalue weighted by molar-refractivity contribution is -0.117. The zero-order chi connectivity index (χ0) is 24.0. The highest BCUT2D eigenvalue weighted by molar-refractivity contribution is 6.77. The third-order valence-corrected chi connectivity index (χ3v) is 10.4. The van der Waals surface area contributed by atoms with Crippen molar-refractivity contribution in [2.45, 2.75) is 51.0 Å². The van der Waals surface area contributed by atoms with Crippen LogP contribution in [-0.2, 0) is 4.79 Å². The van der Waals surface area contributed by atoms with Crippen LogP contribution in [0.4, 0.5) is 27.5 Å². The molecule has 1 fully saturated rings. The summed E-state index contributed by atoms with van der Waals surface area (Å²) in [7, 11) is 0.628. The number of oxazole rings is 1. The predicted octanol–water partition coefficient (Wildman–Crippen LogP) is 4.98. The second-order valence-electron chi connectivity index (χ2n) is 10.0. The van der Waals surface area contributed by atoms with Crippen molar-refractivity contribution in [2.24, 2.45) is 0 Å². The molecular formula is C24H29FN6O2Si. The minimum Gasteiger partial charge on any atom is -0.443 e. The molecule has 2 aliphatic heterocycles. The van der Waals surface area contributed by atoms with Crippen LogP contribution in [0, 0.1) is 12.7 Å². The topological polar surface area (TPSA) is 87.4 Å². The van der Waals surface area contributed by atoms with E-state index in [1.807, 2.05) is 6.92 Å². The minimum atomic E-state index is -1.13. The van der Waals surface area contributed by atoms with E-state index >= 15 is 0 Å². The van der Waals surface area contributed by atoms with Gasteiger partial charge in [-0.2, -0.15) is 4.98 Å². The fourth-order valence-electron chi connectivity index (χ4n) is 4.81. The number of carbonyl (C=O) groups is 1. The van der Waals surface area contributed by atoms with Gasteiger partial charge < -0.3 is 19.5 Å². The molecule has 1 saturated heterocycles. The summed E-state index contributed by atoms with van der Waals surface area (Å²) in [6, 6.07) is 5.92. The van der Waals surface area contributed by atoms with Crippen molar-refractivity contribution in [3.63, 3.8) is 0 Å². The summed E-state index contributed by atoms with van der Waals surface area (Å²) in [4.78, 5) is 29.6. The van der Waals surface area contributed by atoms with E-state index in [-0.39, 0.29) is 5.91 Å². The van der Waals surface area contributed by atoms with Gasteiger partial charge in [-0.05, 0) is 37.5 Å². The molecule has 8 nitrogen and oxygen atoms in total. The number of anilines is 4. The number of fused-ring (bicyclic) bond motifs is 1. The van der Waals surface area contributed by atoms with Crippen LogP contribution in [0.1, 0.15) is 18.4 Å². The Morgan fingerprint density at radius 2 is 1.97 bits per heavy atom. The van der Waals surface area contributed by atoms with Gasteiger partial charge in [0.1, 0.15) is 11.5 Å². The highest BCUT2D eigenvalue weighted by atomic mass is 28.3. The van der Waals surface area contributed by atoms with Gasteiger partial charge in [0, 0.05) is 26.9 Å². The first-order valence-electron chi connectivity index (χ1n) is 11.6. The van der Waals surface area contributed by atoms with Crippen molar-refractivity contribution in [3.8, 4) is 11.3 Å². The lowest BCUT2D eigenvalue weighted by atomic mass is 10.1. The zero-order valence-corrected chi connectivity index (χ0v) is 20.9. The third kappa shape index (κ3) is 4.18. The van der Waals surface area contributed by atoms with Crippen LogP contribution in [0.3, 0.4) is 0 Å². The van der Waals surface area contributed by atoms with Crippen molar-refractivity contribution >= 4 is 37.1 Å². The number of nitrogens with zero attached hydrogens (tertiary/aromatic N) is 5. The maximum Gasteiger partial charge on any atom is 0.246 e. The van der Waals surface area contributed by atoms with Gasteiger partial charge in [0.15, 0.2) is 18.0 Å². The van der Waals surface area contributed by atoms with E-state index < -0.39 is 13.9 Å². The molecule has 2 aromatic heterocycles. The molecule has 3 aromatic rings. The van der Waals surface area contributed by atoms with Crippen molar-refractivity contribution in [1.82, 2.24) is 15.0 Å². The Morgan fingerprint density at radius 3 is 2.68 bits per heavy atom. The van der Waals surface area contributed by atoms with Gasteiger partial charge in [0.05, 0.1) is 24.5 Å². The molecule has 5 rings (SSSR count). The maximum absolute atomic E-state index is 14.8. The Labute approximate surface area is 199 Å². The van der Waals surface area contributed by atoms with Gasteiger partial charge in [0.2, 0.25) is 11.9 Å². The molecule has 0 bridgehead atoms. The number of aryl methyl sites for hydroxylation is 1. The van der Waals surface area contributed by atoms with Crippen LogP contribution < -0.4 is 15.1 Å². The lowest BCUT2D eigenvalue weighted by Crippen LogP contribution is -2.51. The summed E-state index contributed by atoms with van der Waals surface area (Å²) < 4.78 is 20.1. The molecule has 0 radical (unpaired) electrons. The average Bonchev–Trinajstić information content (AvgIpc) is 3.33.